The Morgan fingerprint density at radius 1 is 1.27 bits per heavy atom. The van der Waals surface area contributed by atoms with Crippen LogP contribution in [0.3, 0.4) is 0 Å². The third-order valence-electron chi connectivity index (χ3n) is 5.69. The number of benzene rings is 1. The van der Waals surface area contributed by atoms with Crippen LogP contribution in [0.4, 0.5) is 0 Å². The molecule has 33 heavy (non-hydrogen) atoms. The number of hydrogen-bond acceptors (Lipinski definition) is 7. The molecule has 0 amide bonds. The van der Waals surface area contributed by atoms with Crippen molar-refractivity contribution in [3.8, 4) is 5.75 Å². The summed E-state index contributed by atoms with van der Waals surface area (Å²) in [5, 5.41) is 0. The Hall–Kier alpha value is -2.64. The van der Waals surface area contributed by atoms with Crippen molar-refractivity contribution in [3.63, 3.8) is 0 Å². The second-order valence-corrected chi connectivity index (χ2v) is 8.15. The number of fused-ring (bicyclic) bond motifs is 1. The van der Waals surface area contributed by atoms with Gasteiger partial charge in [-0.05, 0) is 36.8 Å². The predicted molar refractivity (Wildman–Crippen MR) is 125 cm³/mol. The van der Waals surface area contributed by atoms with E-state index in [1.807, 2.05) is 12.1 Å². The lowest BCUT2D eigenvalue weighted by molar-refractivity contribution is -0.136. The summed E-state index contributed by atoms with van der Waals surface area (Å²) in [7, 11) is 3.13. The second-order valence-electron chi connectivity index (χ2n) is 8.15. The first-order valence-electron chi connectivity index (χ1n) is 11.4. The van der Waals surface area contributed by atoms with Crippen LogP contribution in [-0.4, -0.2) is 51.8 Å². The van der Waals surface area contributed by atoms with E-state index in [4.69, 9.17) is 23.7 Å². The van der Waals surface area contributed by atoms with Gasteiger partial charge in [0.2, 0.25) is 0 Å². The number of esters is 2. The zero-order valence-corrected chi connectivity index (χ0v) is 19.9. The zero-order valence-electron chi connectivity index (χ0n) is 19.9. The fourth-order valence-corrected chi connectivity index (χ4v) is 3.94. The van der Waals surface area contributed by atoms with Gasteiger partial charge in [0.15, 0.2) is 0 Å². The summed E-state index contributed by atoms with van der Waals surface area (Å²) in [6, 6.07) is 5.61. The number of cyclic esters (lactones) is 1. The van der Waals surface area contributed by atoms with Crippen LogP contribution in [0.25, 0.3) is 0 Å². The first-order valence-corrected chi connectivity index (χ1v) is 11.4. The maximum atomic E-state index is 13.3. The first-order chi connectivity index (χ1) is 16.0. The van der Waals surface area contributed by atoms with Gasteiger partial charge in [0.05, 0.1) is 13.2 Å². The average Bonchev–Trinajstić information content (AvgIpc) is 2.81. The van der Waals surface area contributed by atoms with Gasteiger partial charge in [0.1, 0.15) is 30.8 Å². The molecule has 0 radical (unpaired) electrons. The molecular formula is C26H36O7. The number of carbonyl (C=O) groups excluding carboxylic acids is 2. The molecule has 0 saturated carbocycles. The average molecular weight is 461 g/mol. The SMILES string of the molecule is C=CCOC(=O)/C=C/CC1C[C@@H](OCOC)[C@@H](C)CCCCc2cccc(OC)c2C(=O)O1. The van der Waals surface area contributed by atoms with Crippen LogP contribution in [0, 0.1) is 5.92 Å². The predicted octanol–water partition coefficient (Wildman–Crippen LogP) is 4.64. The summed E-state index contributed by atoms with van der Waals surface area (Å²) < 4.78 is 27.4. The van der Waals surface area contributed by atoms with Gasteiger partial charge in [-0.25, -0.2) is 9.59 Å². The quantitative estimate of drug-likeness (QED) is 0.230. The summed E-state index contributed by atoms with van der Waals surface area (Å²) in [6.07, 6.45) is 8.40. The van der Waals surface area contributed by atoms with Gasteiger partial charge in [0, 0.05) is 26.0 Å². The molecule has 182 valence electrons. The molecule has 7 nitrogen and oxygen atoms in total. The molecule has 1 unspecified atom stereocenters. The van der Waals surface area contributed by atoms with Gasteiger partial charge >= 0.3 is 11.9 Å². The van der Waals surface area contributed by atoms with Crippen molar-refractivity contribution in [2.75, 3.05) is 27.6 Å². The first kappa shape index (κ1) is 26.6. The van der Waals surface area contributed by atoms with E-state index < -0.39 is 18.0 Å². The molecule has 0 aliphatic carbocycles. The van der Waals surface area contributed by atoms with Gasteiger partial charge in [0.25, 0.3) is 0 Å². The molecule has 1 aromatic carbocycles. The van der Waals surface area contributed by atoms with Gasteiger partial charge < -0.3 is 23.7 Å². The Bertz CT molecular complexity index is 802. The van der Waals surface area contributed by atoms with Crippen LogP contribution < -0.4 is 4.74 Å². The van der Waals surface area contributed by atoms with Gasteiger partial charge in [-0.1, -0.05) is 44.2 Å². The van der Waals surface area contributed by atoms with Crippen LogP contribution in [0.2, 0.25) is 0 Å². The van der Waals surface area contributed by atoms with Crippen molar-refractivity contribution in [2.45, 2.75) is 57.7 Å². The number of methoxy groups -OCH3 is 2. The fourth-order valence-electron chi connectivity index (χ4n) is 3.94. The standard InChI is InChI=1S/C26H36O7/c1-5-16-31-24(27)15-9-13-21-17-23(32-18-29-3)19(2)10-6-7-11-20-12-8-14-22(30-4)25(20)26(28)33-21/h5,8-9,12,14-15,19,21,23H,1,6-7,10-11,13,16-18H2,2-4H3/b15-9+/t19-,21?,23+/m0/s1. The lowest BCUT2D eigenvalue weighted by Crippen LogP contribution is -2.31. The van der Waals surface area contributed by atoms with Crippen molar-refractivity contribution in [1.29, 1.82) is 0 Å². The van der Waals surface area contributed by atoms with Crippen molar-refractivity contribution >= 4 is 11.9 Å². The molecular weight excluding hydrogens is 424 g/mol. The molecule has 7 heteroatoms. The molecule has 1 aliphatic rings. The van der Waals surface area contributed by atoms with Gasteiger partial charge in [-0.2, -0.15) is 0 Å². The smallest absolute Gasteiger partial charge is 0.342 e. The highest BCUT2D eigenvalue weighted by Crippen LogP contribution is 2.29. The van der Waals surface area contributed by atoms with Crippen LogP contribution in [0.15, 0.2) is 43.0 Å². The summed E-state index contributed by atoms with van der Waals surface area (Å²) in [5.41, 5.74) is 1.38. The molecule has 1 aliphatic heterocycles. The minimum atomic E-state index is -0.498. The third-order valence-corrected chi connectivity index (χ3v) is 5.69. The number of rotatable bonds is 9. The van der Waals surface area contributed by atoms with Crippen LogP contribution >= 0.6 is 0 Å². The lowest BCUT2D eigenvalue weighted by Gasteiger charge is -2.29. The topological polar surface area (TPSA) is 80.3 Å². The highest BCUT2D eigenvalue weighted by Gasteiger charge is 2.28. The molecule has 1 aromatic rings. The summed E-state index contributed by atoms with van der Waals surface area (Å²) in [4.78, 5) is 25.1. The molecule has 0 fully saturated rings. The van der Waals surface area contributed by atoms with Crippen molar-refractivity contribution < 1.29 is 33.3 Å². The maximum absolute atomic E-state index is 13.3. The van der Waals surface area contributed by atoms with E-state index in [-0.39, 0.29) is 25.4 Å². The van der Waals surface area contributed by atoms with Crippen molar-refractivity contribution in [2.24, 2.45) is 5.92 Å². The van der Waals surface area contributed by atoms with Gasteiger partial charge in [-0.3, -0.25) is 0 Å². The van der Waals surface area contributed by atoms with Crippen LogP contribution in [0.1, 0.15) is 54.9 Å². The number of aryl methyl sites for hydroxylation is 1. The molecule has 0 aromatic heterocycles. The summed E-state index contributed by atoms with van der Waals surface area (Å²) in [6.45, 7) is 5.97. The van der Waals surface area contributed by atoms with E-state index in [0.717, 1.165) is 31.2 Å². The third kappa shape index (κ3) is 8.67. The van der Waals surface area contributed by atoms with E-state index in [2.05, 4.69) is 13.5 Å². The molecule has 0 spiro atoms. The summed E-state index contributed by atoms with van der Waals surface area (Å²) >= 11 is 0. The molecule has 3 atom stereocenters. The van der Waals surface area contributed by atoms with E-state index in [9.17, 15) is 9.59 Å². The molecule has 0 saturated heterocycles. The molecule has 0 bridgehead atoms. The van der Waals surface area contributed by atoms with E-state index in [1.165, 1.54) is 12.2 Å². The zero-order chi connectivity index (χ0) is 24.1. The number of carbonyl (C=O) groups is 2. The fraction of sp³-hybridized carbons (Fsp3) is 0.538. The Labute approximate surface area is 196 Å². The monoisotopic (exact) mass is 460 g/mol. The molecule has 0 N–H and O–H groups in total. The van der Waals surface area contributed by atoms with Crippen molar-refractivity contribution in [3.05, 3.63) is 54.1 Å². The van der Waals surface area contributed by atoms with E-state index >= 15 is 0 Å². The van der Waals surface area contributed by atoms with Crippen molar-refractivity contribution in [1.82, 2.24) is 0 Å². The molecule has 1 heterocycles. The minimum Gasteiger partial charge on any atom is -0.496 e. The highest BCUT2D eigenvalue weighted by atomic mass is 16.7. The Morgan fingerprint density at radius 2 is 2.09 bits per heavy atom. The maximum Gasteiger partial charge on any atom is 0.342 e. The Kier molecular flexibility index (Phi) is 11.7. The Morgan fingerprint density at radius 3 is 2.82 bits per heavy atom. The number of ether oxygens (including phenoxy) is 5. The number of hydrogen-bond donors (Lipinski definition) is 0. The van der Waals surface area contributed by atoms with Crippen LogP contribution in [0.5, 0.6) is 5.75 Å². The largest absolute Gasteiger partial charge is 0.496 e. The Balaban J connectivity index is 2.29. The summed E-state index contributed by atoms with van der Waals surface area (Å²) in [5.74, 6) is -0.153. The van der Waals surface area contributed by atoms with E-state index in [1.54, 1.807) is 26.4 Å². The van der Waals surface area contributed by atoms with E-state index in [0.29, 0.717) is 24.2 Å². The lowest BCUT2D eigenvalue weighted by atomic mass is 9.91. The van der Waals surface area contributed by atoms with Gasteiger partial charge in [-0.15, -0.1) is 0 Å². The minimum absolute atomic E-state index is 0.141. The second kappa shape index (κ2) is 14.5. The normalized spacial score (nSPS) is 21.9. The molecule has 2 rings (SSSR count). The van der Waals surface area contributed by atoms with Crippen LogP contribution in [-0.2, 0) is 30.2 Å². The highest BCUT2D eigenvalue weighted by molar-refractivity contribution is 5.94.